The number of hydrogen-bond acceptors (Lipinski definition) is 5. The van der Waals surface area contributed by atoms with Gasteiger partial charge in [-0.1, -0.05) is 48.5 Å². The van der Waals surface area contributed by atoms with Crippen molar-refractivity contribution < 1.29 is 0 Å². The summed E-state index contributed by atoms with van der Waals surface area (Å²) in [6, 6.07) is 35.3. The average Bonchev–Trinajstić information content (AvgIpc) is 3.34. The van der Waals surface area contributed by atoms with E-state index in [4.69, 9.17) is 4.98 Å². The van der Waals surface area contributed by atoms with Crippen LogP contribution in [0.3, 0.4) is 0 Å². The lowest BCUT2D eigenvalue weighted by Crippen LogP contribution is -1.95. The lowest BCUT2D eigenvalue weighted by atomic mass is 9.97. The molecule has 4 nitrogen and oxygen atoms in total. The summed E-state index contributed by atoms with van der Waals surface area (Å²) in [5.74, 6) is 0. The van der Waals surface area contributed by atoms with E-state index >= 15 is 0 Å². The molecule has 5 heteroatoms. The molecule has 0 N–H and O–H groups in total. The fraction of sp³-hybridized carbons (Fsp3) is 0. The minimum Gasteiger partial charge on any atom is -0.254 e. The fourth-order valence-corrected chi connectivity index (χ4v) is 6.12. The summed E-state index contributed by atoms with van der Waals surface area (Å²) in [7, 11) is 0. The van der Waals surface area contributed by atoms with Crippen LogP contribution in [0.2, 0.25) is 0 Å². The van der Waals surface area contributed by atoms with Gasteiger partial charge in [0.15, 0.2) is 0 Å². The molecule has 3 heterocycles. The second kappa shape index (κ2) is 8.24. The highest BCUT2D eigenvalue weighted by Gasteiger charge is 2.17. The van der Waals surface area contributed by atoms with Gasteiger partial charge in [-0.3, -0.25) is 4.98 Å². The van der Waals surface area contributed by atoms with Crippen LogP contribution in [0.25, 0.3) is 64.4 Å². The van der Waals surface area contributed by atoms with E-state index in [1.165, 1.54) is 25.7 Å². The van der Waals surface area contributed by atoms with Crippen molar-refractivity contribution in [1.29, 1.82) is 10.5 Å². The predicted octanol–water partition coefficient (Wildman–Crippen LogP) is 8.23. The molecule has 0 fully saturated rings. The molecule has 0 aliphatic rings. The fourth-order valence-electron chi connectivity index (χ4n) is 5.04. The second-order valence-corrected chi connectivity index (χ2v) is 9.94. The first kappa shape index (κ1) is 21.2. The van der Waals surface area contributed by atoms with E-state index in [2.05, 4.69) is 83.9 Å². The lowest BCUT2D eigenvalue weighted by Gasteiger charge is -2.10. The Labute approximate surface area is 216 Å². The number of aromatic nitrogens is 2. The lowest BCUT2D eigenvalue weighted by molar-refractivity contribution is 1.36. The van der Waals surface area contributed by atoms with Crippen LogP contribution in [0.5, 0.6) is 0 Å². The highest BCUT2D eigenvalue weighted by atomic mass is 32.1. The maximum absolute atomic E-state index is 9.79. The number of fused-ring (bicyclic) bond motifs is 6. The maximum atomic E-state index is 9.79. The zero-order valence-electron chi connectivity index (χ0n) is 19.4. The van der Waals surface area contributed by atoms with Crippen LogP contribution in [0, 0.1) is 22.7 Å². The molecule has 4 aromatic carbocycles. The summed E-state index contributed by atoms with van der Waals surface area (Å²) in [4.78, 5) is 9.41. The molecule has 3 aromatic heterocycles. The second-order valence-electron chi connectivity index (χ2n) is 8.85. The van der Waals surface area contributed by atoms with Crippen LogP contribution in [0.15, 0.2) is 97.2 Å². The van der Waals surface area contributed by atoms with E-state index in [9.17, 15) is 10.5 Å². The first-order valence-corrected chi connectivity index (χ1v) is 12.6. The van der Waals surface area contributed by atoms with Gasteiger partial charge in [0, 0.05) is 42.7 Å². The molecule has 7 rings (SSSR count). The standard InChI is InChI=1S/C32H16N4S/c33-17-26-23-5-3-15-35-31(23)32-24(27(26)18-34)12-13-28(36-32)20-9-7-19(8-10-20)21-11-14-30-25(16-21)22-4-1-2-6-29(22)37-30/h1-16H. The molecule has 0 aliphatic carbocycles. The zero-order valence-corrected chi connectivity index (χ0v) is 20.3. The minimum absolute atomic E-state index is 0.337. The molecule has 0 bridgehead atoms. The van der Waals surface area contributed by atoms with Crippen molar-refractivity contribution in [2.45, 2.75) is 0 Å². The first-order chi connectivity index (χ1) is 18.2. The number of benzene rings is 4. The molecule has 0 unspecified atom stereocenters. The molecule has 170 valence electrons. The third-order valence-electron chi connectivity index (χ3n) is 6.83. The number of nitriles is 2. The van der Waals surface area contributed by atoms with Gasteiger partial charge in [-0.05, 0) is 53.6 Å². The number of thiophene rings is 1. The van der Waals surface area contributed by atoms with E-state index in [0.29, 0.717) is 32.9 Å². The normalized spacial score (nSPS) is 11.2. The SMILES string of the molecule is N#Cc1c(C#N)c2ccc(-c3ccc(-c4ccc5sc6ccccc6c5c4)cc3)nc2c2ncccc12. The van der Waals surface area contributed by atoms with Gasteiger partial charge in [0.1, 0.15) is 12.1 Å². The first-order valence-electron chi connectivity index (χ1n) is 11.8. The Bertz CT molecular complexity index is 2110. The Morgan fingerprint density at radius 1 is 0.568 bits per heavy atom. The van der Waals surface area contributed by atoms with Crippen LogP contribution in [0.1, 0.15) is 11.1 Å². The Morgan fingerprint density at radius 2 is 1.24 bits per heavy atom. The third kappa shape index (κ3) is 3.27. The van der Waals surface area contributed by atoms with Crippen molar-refractivity contribution in [3.8, 4) is 34.5 Å². The molecule has 0 saturated carbocycles. The molecule has 0 amide bonds. The van der Waals surface area contributed by atoms with Gasteiger partial charge < -0.3 is 0 Å². The number of hydrogen-bond donors (Lipinski definition) is 0. The van der Waals surface area contributed by atoms with Gasteiger partial charge in [-0.2, -0.15) is 10.5 Å². The van der Waals surface area contributed by atoms with Crippen LogP contribution in [0.4, 0.5) is 0 Å². The number of nitrogens with zero attached hydrogens (tertiary/aromatic N) is 4. The summed E-state index contributed by atoms with van der Waals surface area (Å²) in [5.41, 5.74) is 6.01. The van der Waals surface area contributed by atoms with Gasteiger partial charge >= 0.3 is 0 Å². The molecule has 0 radical (unpaired) electrons. The Balaban J connectivity index is 1.33. The molecule has 0 spiro atoms. The summed E-state index contributed by atoms with van der Waals surface area (Å²) < 4.78 is 2.59. The van der Waals surface area contributed by atoms with E-state index in [1.54, 1.807) is 12.3 Å². The van der Waals surface area contributed by atoms with Crippen LogP contribution in [-0.4, -0.2) is 9.97 Å². The molecule has 0 atom stereocenters. The molecule has 0 aliphatic heterocycles. The van der Waals surface area contributed by atoms with E-state index in [-0.39, 0.29) is 0 Å². The van der Waals surface area contributed by atoms with Crippen molar-refractivity contribution in [1.82, 2.24) is 9.97 Å². The molecular formula is C32H16N4S. The molecule has 0 saturated heterocycles. The van der Waals surface area contributed by atoms with Gasteiger partial charge in [0.2, 0.25) is 0 Å². The molecule has 7 aromatic rings. The van der Waals surface area contributed by atoms with Crippen molar-refractivity contribution in [2.24, 2.45) is 0 Å². The average molecular weight is 489 g/mol. The van der Waals surface area contributed by atoms with Crippen molar-refractivity contribution in [2.75, 3.05) is 0 Å². The summed E-state index contributed by atoms with van der Waals surface area (Å²) >= 11 is 1.82. The molecular weight excluding hydrogens is 472 g/mol. The highest BCUT2D eigenvalue weighted by molar-refractivity contribution is 7.25. The van der Waals surface area contributed by atoms with Crippen molar-refractivity contribution in [3.63, 3.8) is 0 Å². The van der Waals surface area contributed by atoms with E-state index in [1.807, 2.05) is 29.5 Å². The van der Waals surface area contributed by atoms with Gasteiger partial charge in [0.05, 0.1) is 27.9 Å². The topological polar surface area (TPSA) is 73.4 Å². The maximum Gasteiger partial charge on any atom is 0.101 e. The number of pyridine rings is 2. The third-order valence-corrected chi connectivity index (χ3v) is 7.98. The van der Waals surface area contributed by atoms with Crippen LogP contribution < -0.4 is 0 Å². The number of rotatable bonds is 2. The Morgan fingerprint density at radius 3 is 2.05 bits per heavy atom. The monoisotopic (exact) mass is 488 g/mol. The Kier molecular flexibility index (Phi) is 4.72. The van der Waals surface area contributed by atoms with E-state index in [0.717, 1.165) is 16.8 Å². The van der Waals surface area contributed by atoms with Crippen LogP contribution in [-0.2, 0) is 0 Å². The minimum atomic E-state index is 0.337. The molecule has 37 heavy (non-hydrogen) atoms. The highest BCUT2D eigenvalue weighted by Crippen LogP contribution is 2.37. The quantitative estimate of drug-likeness (QED) is 0.230. The van der Waals surface area contributed by atoms with Gasteiger partial charge in [-0.25, -0.2) is 4.98 Å². The van der Waals surface area contributed by atoms with Gasteiger partial charge in [0.25, 0.3) is 0 Å². The van der Waals surface area contributed by atoms with Crippen molar-refractivity contribution in [3.05, 3.63) is 108 Å². The summed E-state index contributed by atoms with van der Waals surface area (Å²) in [6.07, 6.45) is 1.69. The van der Waals surface area contributed by atoms with Crippen LogP contribution >= 0.6 is 11.3 Å². The zero-order chi connectivity index (χ0) is 24.9. The summed E-state index contributed by atoms with van der Waals surface area (Å²) in [5, 5.41) is 23.4. The van der Waals surface area contributed by atoms with Crippen molar-refractivity contribution >= 4 is 53.3 Å². The Hall–Kier alpha value is -5.10. The largest absolute Gasteiger partial charge is 0.254 e. The predicted molar refractivity (Wildman–Crippen MR) is 150 cm³/mol. The van der Waals surface area contributed by atoms with Gasteiger partial charge in [-0.15, -0.1) is 11.3 Å². The van der Waals surface area contributed by atoms with E-state index < -0.39 is 0 Å². The summed E-state index contributed by atoms with van der Waals surface area (Å²) in [6.45, 7) is 0. The smallest absolute Gasteiger partial charge is 0.101 e.